The summed E-state index contributed by atoms with van der Waals surface area (Å²) < 4.78 is 0. The predicted octanol–water partition coefficient (Wildman–Crippen LogP) is 3.84. The Hall–Kier alpha value is -2.86. The highest BCUT2D eigenvalue weighted by molar-refractivity contribution is 7.00. The minimum absolute atomic E-state index is 0.0508. The molecule has 0 atom stereocenters. The molecule has 1 heterocycles. The second-order valence-corrected chi connectivity index (χ2v) is 5.23. The Morgan fingerprint density at radius 1 is 1.00 bits per heavy atom. The van der Waals surface area contributed by atoms with E-state index >= 15 is 0 Å². The van der Waals surface area contributed by atoms with Gasteiger partial charge in [0.15, 0.2) is 0 Å². The average Bonchev–Trinajstić information content (AvgIpc) is 3.10. The average molecular weight is 283 g/mol. The van der Waals surface area contributed by atoms with Crippen molar-refractivity contribution in [3.8, 4) is 17.2 Å². The summed E-state index contributed by atoms with van der Waals surface area (Å²) in [4.78, 5) is 12.6. The van der Waals surface area contributed by atoms with E-state index in [2.05, 4.69) is 6.07 Å². The summed E-state index contributed by atoms with van der Waals surface area (Å²) in [6.07, 6.45) is 4.00. The van der Waals surface area contributed by atoms with E-state index in [9.17, 15) is 4.79 Å². The fraction of sp³-hybridized carbons (Fsp3) is 0.0526. The van der Waals surface area contributed by atoms with Crippen LogP contribution in [0, 0.1) is 11.3 Å². The number of hydrogen-bond donors (Lipinski definition) is 0. The van der Waals surface area contributed by atoms with Crippen LogP contribution in [0.2, 0.25) is 0 Å². The normalized spacial score (nSPS) is 12.4. The summed E-state index contributed by atoms with van der Waals surface area (Å²) in [6.45, 7) is -0.208. The zero-order valence-electron chi connectivity index (χ0n) is 12.1. The molecule has 0 amide bonds. The fourth-order valence-corrected chi connectivity index (χ4v) is 2.66. The van der Waals surface area contributed by atoms with E-state index < -0.39 is 0 Å². The first-order valence-electron chi connectivity index (χ1n) is 7.24. The van der Waals surface area contributed by atoms with Crippen LogP contribution < -0.4 is 0 Å². The van der Waals surface area contributed by atoms with E-state index in [0.717, 1.165) is 16.7 Å². The molecule has 0 aromatic heterocycles. The van der Waals surface area contributed by atoms with Crippen molar-refractivity contribution >= 4 is 12.4 Å². The lowest BCUT2D eigenvalue weighted by atomic mass is 9.46. The van der Waals surface area contributed by atoms with E-state index in [4.69, 9.17) is 5.26 Å². The van der Waals surface area contributed by atoms with Gasteiger partial charge in [0.05, 0.1) is 12.5 Å². The van der Waals surface area contributed by atoms with Crippen LogP contribution in [0.25, 0.3) is 11.1 Å². The molecule has 3 rings (SSSR count). The standard InChI is InChI=1S/C19H14BNO/c21-13-10-17-14-16(15-6-2-1-3-7-15)8-9-18(17)19(22)20-11-4-5-12-20/h1-9,11-12,14H,10H2. The van der Waals surface area contributed by atoms with Crippen LogP contribution in [0.4, 0.5) is 0 Å². The van der Waals surface area contributed by atoms with Gasteiger partial charge in [0.2, 0.25) is 0 Å². The van der Waals surface area contributed by atoms with Gasteiger partial charge in [0.1, 0.15) is 5.68 Å². The molecule has 2 nitrogen and oxygen atoms in total. The molecule has 0 fully saturated rings. The van der Waals surface area contributed by atoms with E-state index in [0.29, 0.717) is 5.56 Å². The summed E-state index contributed by atoms with van der Waals surface area (Å²) in [5.41, 5.74) is 3.60. The molecular weight excluding hydrogens is 269 g/mol. The van der Waals surface area contributed by atoms with Crippen molar-refractivity contribution < 1.29 is 4.79 Å². The topological polar surface area (TPSA) is 40.9 Å². The predicted molar refractivity (Wildman–Crippen MR) is 89.6 cm³/mol. The summed E-state index contributed by atoms with van der Waals surface area (Å²) in [7, 11) is 0. The second-order valence-electron chi connectivity index (χ2n) is 5.23. The van der Waals surface area contributed by atoms with Crippen LogP contribution in [-0.4, -0.2) is 12.4 Å². The maximum atomic E-state index is 12.6. The molecule has 0 spiro atoms. The highest BCUT2D eigenvalue weighted by Crippen LogP contribution is 2.24. The van der Waals surface area contributed by atoms with E-state index in [-0.39, 0.29) is 18.8 Å². The van der Waals surface area contributed by atoms with Crippen molar-refractivity contribution in [2.75, 3.05) is 0 Å². The molecule has 0 saturated carbocycles. The van der Waals surface area contributed by atoms with Crippen molar-refractivity contribution in [2.45, 2.75) is 6.42 Å². The van der Waals surface area contributed by atoms with Crippen LogP contribution >= 0.6 is 0 Å². The van der Waals surface area contributed by atoms with Gasteiger partial charge in [-0.05, 0) is 22.8 Å². The number of nitriles is 1. The highest BCUT2D eigenvalue weighted by atomic mass is 16.1. The smallest absolute Gasteiger partial charge is 0.280 e. The Bertz CT molecular complexity index is 788. The van der Waals surface area contributed by atoms with Crippen molar-refractivity contribution in [3.05, 3.63) is 83.8 Å². The lowest BCUT2D eigenvalue weighted by Gasteiger charge is -2.10. The second kappa shape index (κ2) is 6.28. The van der Waals surface area contributed by atoms with Crippen LogP contribution in [0.1, 0.15) is 15.9 Å². The van der Waals surface area contributed by atoms with Crippen molar-refractivity contribution in [1.82, 2.24) is 0 Å². The summed E-state index contributed by atoms with van der Waals surface area (Å²) in [6, 6.07) is 17.9. The maximum Gasteiger partial charge on any atom is 0.280 e. The van der Waals surface area contributed by atoms with Crippen LogP contribution in [-0.2, 0) is 6.42 Å². The van der Waals surface area contributed by atoms with Crippen LogP contribution in [0.5, 0.6) is 0 Å². The lowest BCUT2D eigenvalue weighted by Crippen LogP contribution is -2.22. The molecule has 0 unspecified atom stereocenters. The molecule has 104 valence electrons. The molecule has 1 aliphatic rings. The van der Waals surface area contributed by atoms with Gasteiger partial charge in [-0.25, -0.2) is 0 Å². The van der Waals surface area contributed by atoms with Gasteiger partial charge in [-0.15, -0.1) is 12.0 Å². The van der Waals surface area contributed by atoms with Crippen LogP contribution in [0.3, 0.4) is 0 Å². The fourth-order valence-electron chi connectivity index (χ4n) is 2.66. The maximum absolute atomic E-state index is 12.6. The number of carbonyl (C=O) groups excluding carboxylic acids is 1. The quantitative estimate of drug-likeness (QED) is 0.800. The third-order valence-corrected chi connectivity index (χ3v) is 3.80. The van der Waals surface area contributed by atoms with Gasteiger partial charge < -0.3 is 4.79 Å². The first-order chi connectivity index (χ1) is 10.8. The number of benzene rings is 2. The lowest BCUT2D eigenvalue weighted by molar-refractivity contribution is 0.107. The van der Waals surface area contributed by atoms with Gasteiger partial charge in [0, 0.05) is 5.56 Å². The highest BCUT2D eigenvalue weighted by Gasteiger charge is 2.23. The molecule has 22 heavy (non-hydrogen) atoms. The number of nitrogens with zero attached hydrogens (tertiary/aromatic N) is 1. The Morgan fingerprint density at radius 3 is 2.41 bits per heavy atom. The Labute approximate surface area is 130 Å². The Balaban J connectivity index is 2.01. The Morgan fingerprint density at radius 2 is 1.73 bits per heavy atom. The largest absolute Gasteiger partial charge is 0.305 e. The van der Waals surface area contributed by atoms with Crippen LogP contribution in [0.15, 0.2) is 72.6 Å². The minimum atomic E-state index is -0.208. The molecule has 0 saturated heterocycles. The molecule has 0 radical (unpaired) electrons. The summed E-state index contributed by atoms with van der Waals surface area (Å²) >= 11 is 0. The first kappa shape index (κ1) is 14.1. The zero-order chi connectivity index (χ0) is 15.4. The van der Waals surface area contributed by atoms with Gasteiger partial charge in [-0.3, -0.25) is 0 Å². The molecule has 0 N–H and O–H groups in total. The van der Waals surface area contributed by atoms with Gasteiger partial charge in [0.25, 0.3) is 6.71 Å². The zero-order valence-corrected chi connectivity index (χ0v) is 12.1. The molecule has 0 bridgehead atoms. The number of carbonyl (C=O) groups is 1. The van der Waals surface area contributed by atoms with Gasteiger partial charge in [-0.2, -0.15) is 5.26 Å². The molecule has 1 aliphatic heterocycles. The van der Waals surface area contributed by atoms with Gasteiger partial charge in [-0.1, -0.05) is 54.6 Å². The van der Waals surface area contributed by atoms with Crippen molar-refractivity contribution in [1.29, 1.82) is 5.26 Å². The first-order valence-corrected chi connectivity index (χ1v) is 7.24. The van der Waals surface area contributed by atoms with Crippen molar-refractivity contribution in [3.63, 3.8) is 0 Å². The summed E-state index contributed by atoms with van der Waals surface area (Å²) in [5, 5.41) is 9.06. The number of hydrogen-bond acceptors (Lipinski definition) is 2. The third-order valence-electron chi connectivity index (χ3n) is 3.80. The SMILES string of the molecule is N#CCc1cc(-c2ccccc2)ccc1C(=O)B1C=CC=C1. The molecule has 3 heteroatoms. The molecule has 0 aliphatic carbocycles. The summed E-state index contributed by atoms with van der Waals surface area (Å²) in [5.74, 6) is 3.76. The number of allylic oxidation sites excluding steroid dienone is 2. The molecular formula is C19H14BNO. The monoisotopic (exact) mass is 283 g/mol. The third kappa shape index (κ3) is 2.77. The van der Waals surface area contributed by atoms with E-state index in [1.54, 1.807) is 0 Å². The van der Waals surface area contributed by atoms with Crippen molar-refractivity contribution in [2.24, 2.45) is 0 Å². The molecule has 2 aromatic carbocycles. The Kier molecular flexibility index (Phi) is 4.02. The van der Waals surface area contributed by atoms with E-state index in [1.807, 2.05) is 72.6 Å². The van der Waals surface area contributed by atoms with E-state index in [1.165, 1.54) is 0 Å². The van der Waals surface area contributed by atoms with Gasteiger partial charge >= 0.3 is 0 Å². The number of rotatable bonds is 4. The minimum Gasteiger partial charge on any atom is -0.305 e. The molecule has 2 aromatic rings.